The number of aryl methyl sites for hydroxylation is 1. The van der Waals surface area contributed by atoms with Crippen LogP contribution in [0.3, 0.4) is 0 Å². The number of carbonyl (C=O) groups is 1. The van der Waals surface area contributed by atoms with Crippen molar-refractivity contribution >= 4 is 18.0 Å². The summed E-state index contributed by atoms with van der Waals surface area (Å²) in [6.45, 7) is 1.76. The summed E-state index contributed by atoms with van der Waals surface area (Å²) >= 11 is 0. The predicted molar refractivity (Wildman–Crippen MR) is 78.7 cm³/mol. The van der Waals surface area contributed by atoms with Gasteiger partial charge in [-0.3, -0.25) is 10.1 Å². The molecular formula is C14H13N3O5. The van der Waals surface area contributed by atoms with Crippen LogP contribution in [0.2, 0.25) is 0 Å². The molecule has 0 saturated carbocycles. The van der Waals surface area contributed by atoms with Crippen molar-refractivity contribution in [3.05, 3.63) is 51.8 Å². The molecule has 1 heterocycles. The molecule has 2 rings (SSSR count). The minimum atomic E-state index is -0.686. The van der Waals surface area contributed by atoms with Crippen LogP contribution in [-0.2, 0) is 4.74 Å². The molecule has 1 N–H and O–H groups in total. The second kappa shape index (κ2) is 6.53. The highest BCUT2D eigenvalue weighted by molar-refractivity contribution is 5.79. The number of nitro benzene ring substituents is 1. The number of amides is 1. The first-order valence-electron chi connectivity index (χ1n) is 6.23. The standard InChI is InChI=1S/C14H13N3O5/c1-9-7-10(17(19)20)3-5-12(9)13-6-4-11(22-13)8-15-16-14(18)21-2/h3-8H,1-2H3,(H,16,18)/b15-8-. The fraction of sp³-hybridized carbons (Fsp3) is 0.143. The van der Waals surface area contributed by atoms with E-state index in [2.05, 4.69) is 15.3 Å². The highest BCUT2D eigenvalue weighted by Gasteiger charge is 2.11. The highest BCUT2D eigenvalue weighted by atomic mass is 16.6. The molecule has 0 aliphatic carbocycles. The first kappa shape index (κ1) is 15.2. The lowest BCUT2D eigenvalue weighted by Gasteiger charge is -2.02. The zero-order valence-corrected chi connectivity index (χ0v) is 11.9. The topological polar surface area (TPSA) is 107 Å². The lowest BCUT2D eigenvalue weighted by atomic mass is 10.1. The number of nitrogens with zero attached hydrogens (tertiary/aromatic N) is 2. The van der Waals surface area contributed by atoms with Gasteiger partial charge in [0.05, 0.1) is 18.2 Å². The molecule has 2 aromatic rings. The number of hydrogen-bond acceptors (Lipinski definition) is 6. The number of nitro groups is 1. The molecule has 0 unspecified atom stereocenters. The number of ether oxygens (including phenoxy) is 1. The molecule has 0 atom stereocenters. The number of hydrazone groups is 1. The quantitative estimate of drug-likeness (QED) is 0.531. The smallest absolute Gasteiger partial charge is 0.427 e. The van der Waals surface area contributed by atoms with E-state index in [1.807, 2.05) is 0 Å². The molecule has 0 aliphatic rings. The molecule has 0 fully saturated rings. The van der Waals surface area contributed by atoms with Crippen LogP contribution < -0.4 is 5.43 Å². The molecular weight excluding hydrogens is 290 g/mol. The molecule has 0 bridgehead atoms. The van der Waals surface area contributed by atoms with Gasteiger partial charge in [-0.2, -0.15) is 5.10 Å². The van der Waals surface area contributed by atoms with Gasteiger partial charge in [-0.15, -0.1) is 0 Å². The van der Waals surface area contributed by atoms with Crippen molar-refractivity contribution in [1.82, 2.24) is 5.43 Å². The molecule has 8 heteroatoms. The third-order valence-corrected chi connectivity index (χ3v) is 2.85. The van der Waals surface area contributed by atoms with Crippen LogP contribution in [0.5, 0.6) is 0 Å². The number of benzene rings is 1. The van der Waals surface area contributed by atoms with E-state index < -0.39 is 11.0 Å². The van der Waals surface area contributed by atoms with Crippen LogP contribution >= 0.6 is 0 Å². The van der Waals surface area contributed by atoms with Gasteiger partial charge in [-0.05, 0) is 30.7 Å². The van der Waals surface area contributed by atoms with Crippen molar-refractivity contribution in [2.45, 2.75) is 6.92 Å². The number of non-ortho nitro benzene ring substituents is 1. The van der Waals surface area contributed by atoms with Gasteiger partial charge in [0, 0.05) is 17.7 Å². The van der Waals surface area contributed by atoms with E-state index in [1.165, 1.54) is 25.5 Å². The molecule has 1 aromatic carbocycles. The highest BCUT2D eigenvalue weighted by Crippen LogP contribution is 2.28. The van der Waals surface area contributed by atoms with E-state index in [9.17, 15) is 14.9 Å². The summed E-state index contributed by atoms with van der Waals surface area (Å²) in [6.07, 6.45) is 0.635. The van der Waals surface area contributed by atoms with Crippen LogP contribution in [0, 0.1) is 17.0 Å². The zero-order chi connectivity index (χ0) is 16.1. The third kappa shape index (κ3) is 3.48. The first-order chi connectivity index (χ1) is 10.5. The van der Waals surface area contributed by atoms with Crippen molar-refractivity contribution < 1.29 is 18.9 Å². The number of furan rings is 1. The Morgan fingerprint density at radius 3 is 2.82 bits per heavy atom. The molecule has 8 nitrogen and oxygen atoms in total. The summed E-state index contributed by atoms with van der Waals surface area (Å²) in [5.74, 6) is 0.969. The fourth-order valence-electron chi connectivity index (χ4n) is 1.80. The number of nitrogens with one attached hydrogen (secondary N) is 1. The molecule has 1 aromatic heterocycles. The van der Waals surface area contributed by atoms with E-state index in [1.54, 1.807) is 25.1 Å². The van der Waals surface area contributed by atoms with Crippen LogP contribution in [0.4, 0.5) is 10.5 Å². The van der Waals surface area contributed by atoms with Crippen LogP contribution in [-0.4, -0.2) is 24.3 Å². The fourth-order valence-corrected chi connectivity index (χ4v) is 1.80. The molecule has 1 amide bonds. The predicted octanol–water partition coefficient (Wildman–Crippen LogP) is 2.85. The Labute approximate surface area is 125 Å². The monoisotopic (exact) mass is 303 g/mol. The Bertz CT molecular complexity index is 736. The number of hydrogen-bond donors (Lipinski definition) is 1. The van der Waals surface area contributed by atoms with Gasteiger partial charge in [0.1, 0.15) is 11.5 Å². The average molecular weight is 303 g/mol. The zero-order valence-electron chi connectivity index (χ0n) is 11.9. The maximum Gasteiger partial charge on any atom is 0.427 e. The van der Waals surface area contributed by atoms with Crippen LogP contribution in [0.25, 0.3) is 11.3 Å². The Kier molecular flexibility index (Phi) is 4.52. The molecule has 0 saturated heterocycles. The van der Waals surface area contributed by atoms with Gasteiger partial charge in [0.15, 0.2) is 0 Å². The first-order valence-corrected chi connectivity index (χ1v) is 6.23. The minimum Gasteiger partial charge on any atom is -0.455 e. The lowest BCUT2D eigenvalue weighted by Crippen LogP contribution is -2.16. The van der Waals surface area contributed by atoms with E-state index in [4.69, 9.17) is 4.42 Å². The van der Waals surface area contributed by atoms with Crippen molar-refractivity contribution in [3.63, 3.8) is 0 Å². The maximum atomic E-state index is 10.8. The van der Waals surface area contributed by atoms with E-state index >= 15 is 0 Å². The molecule has 0 radical (unpaired) electrons. The maximum absolute atomic E-state index is 10.8. The summed E-state index contributed by atoms with van der Waals surface area (Å²) < 4.78 is 9.91. The van der Waals surface area contributed by atoms with E-state index in [-0.39, 0.29) is 5.69 Å². The average Bonchev–Trinajstić information content (AvgIpc) is 2.95. The van der Waals surface area contributed by atoms with Gasteiger partial charge < -0.3 is 9.15 Å². The Morgan fingerprint density at radius 1 is 1.41 bits per heavy atom. The van der Waals surface area contributed by atoms with Gasteiger partial charge >= 0.3 is 6.09 Å². The summed E-state index contributed by atoms with van der Waals surface area (Å²) in [4.78, 5) is 21.1. The second-order valence-electron chi connectivity index (χ2n) is 4.32. The van der Waals surface area contributed by atoms with Crippen molar-refractivity contribution in [2.24, 2.45) is 5.10 Å². The van der Waals surface area contributed by atoms with Crippen molar-refractivity contribution in [3.8, 4) is 11.3 Å². The van der Waals surface area contributed by atoms with Gasteiger partial charge in [0.2, 0.25) is 0 Å². The van der Waals surface area contributed by atoms with Crippen LogP contribution in [0.15, 0.2) is 39.9 Å². The Balaban J connectivity index is 2.18. The number of rotatable bonds is 4. The third-order valence-electron chi connectivity index (χ3n) is 2.85. The largest absolute Gasteiger partial charge is 0.455 e. The van der Waals surface area contributed by atoms with Crippen molar-refractivity contribution in [1.29, 1.82) is 0 Å². The number of methoxy groups -OCH3 is 1. The minimum absolute atomic E-state index is 0.0249. The molecule has 22 heavy (non-hydrogen) atoms. The molecule has 0 aliphatic heterocycles. The van der Waals surface area contributed by atoms with Gasteiger partial charge in [-0.25, -0.2) is 10.2 Å². The van der Waals surface area contributed by atoms with E-state index in [0.29, 0.717) is 11.5 Å². The van der Waals surface area contributed by atoms with Gasteiger partial charge in [0.25, 0.3) is 5.69 Å². The van der Waals surface area contributed by atoms with Crippen LogP contribution in [0.1, 0.15) is 11.3 Å². The summed E-state index contributed by atoms with van der Waals surface area (Å²) in [7, 11) is 1.23. The Morgan fingerprint density at radius 2 is 2.18 bits per heavy atom. The Hall–Kier alpha value is -3.16. The normalized spacial score (nSPS) is 10.6. The van der Waals surface area contributed by atoms with E-state index in [0.717, 1.165) is 11.1 Å². The molecule has 0 spiro atoms. The molecule has 114 valence electrons. The SMILES string of the molecule is COC(=O)N/N=C\c1ccc(-c2ccc([N+](=O)[O-])cc2C)o1. The summed E-state index contributed by atoms with van der Waals surface area (Å²) in [5.41, 5.74) is 3.62. The van der Waals surface area contributed by atoms with Gasteiger partial charge in [-0.1, -0.05) is 0 Å². The lowest BCUT2D eigenvalue weighted by molar-refractivity contribution is -0.384. The summed E-state index contributed by atoms with van der Waals surface area (Å²) in [5, 5.41) is 14.4. The number of carbonyl (C=O) groups excluding carboxylic acids is 1. The summed E-state index contributed by atoms with van der Waals surface area (Å²) in [6, 6.07) is 7.90. The van der Waals surface area contributed by atoms with Crippen molar-refractivity contribution in [2.75, 3.05) is 7.11 Å². The second-order valence-corrected chi connectivity index (χ2v) is 4.32.